The Morgan fingerprint density at radius 2 is 2.08 bits per heavy atom. The number of anilines is 1. The number of pyridine rings is 1. The first-order chi connectivity index (χ1) is 12.3. The van der Waals surface area contributed by atoms with Gasteiger partial charge in [-0.05, 0) is 54.7 Å². The van der Waals surface area contributed by atoms with Gasteiger partial charge in [-0.1, -0.05) is 0 Å². The number of aromatic nitrogens is 1. The molecule has 6 nitrogen and oxygen atoms in total. The summed E-state index contributed by atoms with van der Waals surface area (Å²) in [7, 11) is -1.62. The summed E-state index contributed by atoms with van der Waals surface area (Å²) in [5, 5.41) is 9.91. The highest BCUT2D eigenvalue weighted by atomic mass is 32.2. The third-order valence-corrected chi connectivity index (χ3v) is 5.96. The lowest BCUT2D eigenvalue weighted by Crippen LogP contribution is -2.36. The van der Waals surface area contributed by atoms with Gasteiger partial charge >= 0.3 is 0 Å². The van der Waals surface area contributed by atoms with Crippen LogP contribution in [0, 0.1) is 5.82 Å². The van der Waals surface area contributed by atoms with Gasteiger partial charge in [-0.15, -0.1) is 0 Å². The highest BCUT2D eigenvalue weighted by Gasteiger charge is 2.25. The Balaban J connectivity index is 1.90. The van der Waals surface area contributed by atoms with Crippen molar-refractivity contribution >= 4 is 15.7 Å². The van der Waals surface area contributed by atoms with E-state index in [1.165, 1.54) is 6.07 Å². The molecule has 0 amide bonds. The molecule has 3 rings (SSSR count). The van der Waals surface area contributed by atoms with Crippen molar-refractivity contribution in [2.75, 3.05) is 17.7 Å². The van der Waals surface area contributed by atoms with Gasteiger partial charge in [-0.25, -0.2) is 17.5 Å². The summed E-state index contributed by atoms with van der Waals surface area (Å²) in [5.74, 6) is -0.383. The van der Waals surface area contributed by atoms with Crippen LogP contribution in [-0.4, -0.2) is 37.5 Å². The SMILES string of the molecule is CCS(=O)(=O)NCc1cncc(-c2cc(F)c3c(c2)CCC(O)N3C)c1. The molecule has 2 heterocycles. The van der Waals surface area contributed by atoms with Crippen LogP contribution in [0.25, 0.3) is 11.1 Å². The van der Waals surface area contributed by atoms with Crippen LogP contribution in [0.4, 0.5) is 10.1 Å². The normalized spacial score (nSPS) is 17.2. The summed E-state index contributed by atoms with van der Waals surface area (Å²) < 4.78 is 40.3. The van der Waals surface area contributed by atoms with Gasteiger partial charge in [0.15, 0.2) is 0 Å². The maximum Gasteiger partial charge on any atom is 0.211 e. The number of aliphatic hydroxyl groups is 1. The molecule has 1 atom stereocenters. The fraction of sp³-hybridized carbons (Fsp3) is 0.389. The number of aryl methyl sites for hydroxylation is 1. The Hall–Kier alpha value is -2.03. The molecule has 0 aliphatic carbocycles. The Bertz CT molecular complexity index is 918. The Morgan fingerprint density at radius 1 is 1.31 bits per heavy atom. The third kappa shape index (κ3) is 3.87. The van der Waals surface area contributed by atoms with Crippen LogP contribution in [0.3, 0.4) is 0 Å². The molecule has 2 aromatic rings. The van der Waals surface area contributed by atoms with Gasteiger partial charge in [-0.3, -0.25) is 4.98 Å². The van der Waals surface area contributed by atoms with Crippen molar-refractivity contribution in [3.63, 3.8) is 0 Å². The molecule has 0 saturated heterocycles. The highest BCUT2D eigenvalue weighted by molar-refractivity contribution is 7.89. The average Bonchev–Trinajstić information content (AvgIpc) is 2.63. The summed E-state index contributed by atoms with van der Waals surface area (Å²) in [4.78, 5) is 5.70. The van der Waals surface area contributed by atoms with Crippen molar-refractivity contribution in [3.05, 3.63) is 47.5 Å². The fourth-order valence-corrected chi connectivity index (χ4v) is 3.66. The first kappa shape index (κ1) is 18.8. The number of halogens is 1. The van der Waals surface area contributed by atoms with Gasteiger partial charge < -0.3 is 10.0 Å². The second-order valence-corrected chi connectivity index (χ2v) is 8.50. The van der Waals surface area contributed by atoms with Gasteiger partial charge in [0, 0.05) is 31.5 Å². The van der Waals surface area contributed by atoms with Crippen molar-refractivity contribution in [1.29, 1.82) is 0 Å². The lowest BCUT2D eigenvalue weighted by Gasteiger charge is -2.33. The number of sulfonamides is 1. The van der Waals surface area contributed by atoms with Gasteiger partial charge in [-0.2, -0.15) is 0 Å². The molecule has 0 spiro atoms. The topological polar surface area (TPSA) is 82.5 Å². The van der Waals surface area contributed by atoms with E-state index in [2.05, 4.69) is 9.71 Å². The zero-order valence-electron chi connectivity index (χ0n) is 14.7. The Kier molecular flexibility index (Phi) is 5.27. The summed E-state index contributed by atoms with van der Waals surface area (Å²) in [6.45, 7) is 1.71. The standard InChI is InChI=1S/C18H22FN3O3S/c1-3-26(24,25)21-10-12-6-15(11-20-9-12)14-7-13-4-5-17(23)22(2)18(13)16(19)8-14/h6-9,11,17,21,23H,3-5,10H2,1-2H3. The van der Waals surface area contributed by atoms with Gasteiger partial charge in [0.2, 0.25) is 10.0 Å². The van der Waals surface area contributed by atoms with Crippen molar-refractivity contribution in [3.8, 4) is 11.1 Å². The van der Waals surface area contributed by atoms with Gasteiger partial charge in [0.25, 0.3) is 0 Å². The van der Waals surface area contributed by atoms with Crippen molar-refractivity contribution in [2.24, 2.45) is 0 Å². The predicted molar refractivity (Wildman–Crippen MR) is 98.7 cm³/mol. The summed E-state index contributed by atoms with van der Waals surface area (Å²) >= 11 is 0. The zero-order valence-corrected chi connectivity index (χ0v) is 15.6. The maximum absolute atomic E-state index is 14.6. The van der Waals surface area contributed by atoms with E-state index in [-0.39, 0.29) is 12.3 Å². The monoisotopic (exact) mass is 379 g/mol. The number of hydrogen-bond donors (Lipinski definition) is 2. The molecule has 1 aliphatic heterocycles. The van der Waals surface area contributed by atoms with E-state index in [4.69, 9.17) is 0 Å². The molecule has 8 heteroatoms. The van der Waals surface area contributed by atoms with E-state index in [1.807, 2.05) is 6.07 Å². The zero-order chi connectivity index (χ0) is 18.9. The van der Waals surface area contributed by atoms with Crippen LogP contribution in [0.2, 0.25) is 0 Å². The number of nitrogens with zero attached hydrogens (tertiary/aromatic N) is 2. The summed E-state index contributed by atoms with van der Waals surface area (Å²) in [5.41, 5.74) is 3.36. The number of nitrogens with one attached hydrogen (secondary N) is 1. The van der Waals surface area contributed by atoms with Crippen LogP contribution in [0.5, 0.6) is 0 Å². The van der Waals surface area contributed by atoms with Crippen LogP contribution in [0.15, 0.2) is 30.6 Å². The molecule has 140 valence electrons. The minimum atomic E-state index is -3.29. The van der Waals surface area contributed by atoms with Crippen molar-refractivity contribution in [2.45, 2.75) is 32.5 Å². The van der Waals surface area contributed by atoms with Crippen molar-refractivity contribution < 1.29 is 17.9 Å². The predicted octanol–water partition coefficient (Wildman–Crippen LogP) is 2.03. The minimum Gasteiger partial charge on any atom is -0.374 e. The molecular formula is C18H22FN3O3S. The largest absolute Gasteiger partial charge is 0.374 e. The third-order valence-electron chi connectivity index (χ3n) is 4.62. The van der Waals surface area contributed by atoms with E-state index in [9.17, 15) is 17.9 Å². The quantitative estimate of drug-likeness (QED) is 0.831. The molecule has 0 radical (unpaired) electrons. The number of aliphatic hydroxyl groups excluding tert-OH is 1. The van der Waals surface area contributed by atoms with E-state index in [1.54, 1.807) is 37.3 Å². The maximum atomic E-state index is 14.6. The smallest absolute Gasteiger partial charge is 0.211 e. The highest BCUT2D eigenvalue weighted by Crippen LogP contribution is 2.35. The first-order valence-electron chi connectivity index (χ1n) is 8.45. The molecule has 1 aliphatic rings. The second-order valence-electron chi connectivity index (χ2n) is 6.40. The lowest BCUT2D eigenvalue weighted by molar-refractivity contribution is 0.158. The molecule has 1 unspecified atom stereocenters. The summed E-state index contributed by atoms with van der Waals surface area (Å²) in [6, 6.07) is 5.12. The van der Waals surface area contributed by atoms with Crippen LogP contribution >= 0.6 is 0 Å². The first-order valence-corrected chi connectivity index (χ1v) is 10.1. The molecule has 26 heavy (non-hydrogen) atoms. The second kappa shape index (κ2) is 7.30. The molecule has 2 N–H and O–H groups in total. The molecule has 0 bridgehead atoms. The number of rotatable bonds is 5. The van der Waals surface area contributed by atoms with Gasteiger partial charge in [0.05, 0.1) is 11.4 Å². The van der Waals surface area contributed by atoms with E-state index in [0.717, 1.165) is 5.56 Å². The Labute approximate surface area is 152 Å². The van der Waals surface area contributed by atoms with Crippen LogP contribution in [-0.2, 0) is 23.0 Å². The number of fused-ring (bicyclic) bond motifs is 1. The molecule has 0 saturated carbocycles. The minimum absolute atomic E-state index is 0.00945. The Morgan fingerprint density at radius 3 is 2.81 bits per heavy atom. The van der Waals surface area contributed by atoms with E-state index < -0.39 is 22.1 Å². The van der Waals surface area contributed by atoms with Gasteiger partial charge in [0.1, 0.15) is 12.0 Å². The molecule has 0 fully saturated rings. The molecule has 1 aromatic carbocycles. The van der Waals surface area contributed by atoms with E-state index in [0.29, 0.717) is 35.2 Å². The average molecular weight is 379 g/mol. The number of hydrogen-bond acceptors (Lipinski definition) is 5. The summed E-state index contributed by atoms with van der Waals surface area (Å²) in [6.07, 6.45) is 3.67. The van der Waals surface area contributed by atoms with Crippen LogP contribution in [0.1, 0.15) is 24.5 Å². The fourth-order valence-electron chi connectivity index (χ4n) is 3.07. The molecular weight excluding hydrogens is 357 g/mol. The number of benzene rings is 1. The van der Waals surface area contributed by atoms with Crippen molar-refractivity contribution in [1.82, 2.24) is 9.71 Å². The molecule has 1 aromatic heterocycles. The lowest BCUT2D eigenvalue weighted by atomic mass is 9.95. The van der Waals surface area contributed by atoms with E-state index >= 15 is 0 Å². The van der Waals surface area contributed by atoms with Crippen LogP contribution < -0.4 is 9.62 Å².